The molecule has 0 bridgehead atoms. The van der Waals surface area contributed by atoms with Gasteiger partial charge in [0.2, 0.25) is 0 Å². The maximum absolute atomic E-state index is 12.6. The molecule has 1 atom stereocenters. The number of benzene rings is 2. The van der Waals surface area contributed by atoms with Crippen molar-refractivity contribution in [1.29, 1.82) is 0 Å². The first-order valence-electron chi connectivity index (χ1n) is 9.22. The summed E-state index contributed by atoms with van der Waals surface area (Å²) < 4.78 is 7.04. The summed E-state index contributed by atoms with van der Waals surface area (Å²) in [5.41, 5.74) is 3.31. The fourth-order valence-electron chi connectivity index (χ4n) is 3.00. The molecule has 0 aliphatic heterocycles. The molecule has 2 aromatic heterocycles. The molecule has 0 radical (unpaired) electrons. The van der Waals surface area contributed by atoms with Gasteiger partial charge in [-0.25, -0.2) is 9.78 Å². The summed E-state index contributed by atoms with van der Waals surface area (Å²) in [6.07, 6.45) is 2.39. The number of rotatable bonds is 5. The van der Waals surface area contributed by atoms with Crippen LogP contribution in [0, 0.1) is 0 Å². The van der Waals surface area contributed by atoms with Gasteiger partial charge in [0, 0.05) is 23.6 Å². The fraction of sp³-hybridized carbons (Fsp3) is 0.0870. The SMILES string of the molecule is C[C@H](OC(=O)c1cn2ccccc2n1)C(=O)Nc1ccccc1-c1ccccc1. The number of nitrogens with zero attached hydrogens (tertiary/aromatic N) is 2. The number of para-hydroxylation sites is 1. The Hall–Kier alpha value is -3.93. The molecule has 2 heterocycles. The number of fused-ring (bicyclic) bond motifs is 1. The number of hydrogen-bond acceptors (Lipinski definition) is 4. The summed E-state index contributed by atoms with van der Waals surface area (Å²) in [6.45, 7) is 1.54. The number of carbonyl (C=O) groups is 2. The summed E-state index contributed by atoms with van der Waals surface area (Å²) in [4.78, 5) is 29.2. The molecule has 0 unspecified atom stereocenters. The lowest BCUT2D eigenvalue weighted by Crippen LogP contribution is -2.30. The van der Waals surface area contributed by atoms with E-state index in [9.17, 15) is 9.59 Å². The van der Waals surface area contributed by atoms with Crippen molar-refractivity contribution in [2.75, 3.05) is 5.32 Å². The van der Waals surface area contributed by atoms with E-state index >= 15 is 0 Å². The highest BCUT2D eigenvalue weighted by atomic mass is 16.5. The van der Waals surface area contributed by atoms with E-state index in [0.29, 0.717) is 11.3 Å². The Kier molecular flexibility index (Phi) is 5.07. The van der Waals surface area contributed by atoms with Crippen LogP contribution in [-0.2, 0) is 9.53 Å². The van der Waals surface area contributed by atoms with Gasteiger partial charge in [0.15, 0.2) is 11.8 Å². The van der Waals surface area contributed by atoms with Gasteiger partial charge in [-0.15, -0.1) is 0 Å². The lowest BCUT2D eigenvalue weighted by molar-refractivity contribution is -0.123. The van der Waals surface area contributed by atoms with Crippen molar-refractivity contribution in [3.05, 3.63) is 90.9 Å². The van der Waals surface area contributed by atoms with Gasteiger partial charge in [-0.05, 0) is 30.7 Å². The molecule has 29 heavy (non-hydrogen) atoms. The fourth-order valence-corrected chi connectivity index (χ4v) is 3.00. The van der Waals surface area contributed by atoms with Crippen LogP contribution < -0.4 is 5.32 Å². The molecule has 0 aliphatic carbocycles. The van der Waals surface area contributed by atoms with Crippen LogP contribution in [0.1, 0.15) is 17.4 Å². The number of imidazole rings is 1. The summed E-state index contributed by atoms with van der Waals surface area (Å²) in [7, 11) is 0. The average molecular weight is 385 g/mol. The highest BCUT2D eigenvalue weighted by Gasteiger charge is 2.21. The van der Waals surface area contributed by atoms with Crippen molar-refractivity contribution in [2.45, 2.75) is 13.0 Å². The van der Waals surface area contributed by atoms with Crippen molar-refractivity contribution in [1.82, 2.24) is 9.38 Å². The second-order valence-corrected chi connectivity index (χ2v) is 6.54. The van der Waals surface area contributed by atoms with Crippen molar-refractivity contribution < 1.29 is 14.3 Å². The quantitative estimate of drug-likeness (QED) is 0.523. The number of aromatic nitrogens is 2. The summed E-state index contributed by atoms with van der Waals surface area (Å²) >= 11 is 0. The van der Waals surface area contributed by atoms with Gasteiger partial charge in [-0.1, -0.05) is 54.6 Å². The van der Waals surface area contributed by atoms with Crippen LogP contribution in [0.4, 0.5) is 5.69 Å². The van der Waals surface area contributed by atoms with Gasteiger partial charge in [-0.2, -0.15) is 0 Å². The second kappa shape index (κ2) is 7.98. The third-order valence-electron chi connectivity index (χ3n) is 4.50. The number of nitrogens with one attached hydrogen (secondary N) is 1. The summed E-state index contributed by atoms with van der Waals surface area (Å²) in [6, 6.07) is 22.7. The van der Waals surface area contributed by atoms with Gasteiger partial charge in [0.25, 0.3) is 5.91 Å². The van der Waals surface area contributed by atoms with Crippen LogP contribution in [0.25, 0.3) is 16.8 Å². The summed E-state index contributed by atoms with van der Waals surface area (Å²) in [5.74, 6) is -1.06. The third kappa shape index (κ3) is 4.01. The zero-order valence-corrected chi connectivity index (χ0v) is 15.8. The number of hydrogen-bond donors (Lipinski definition) is 1. The smallest absolute Gasteiger partial charge is 0.359 e. The monoisotopic (exact) mass is 385 g/mol. The zero-order valence-electron chi connectivity index (χ0n) is 15.8. The molecule has 1 amide bonds. The van der Waals surface area contributed by atoms with E-state index in [1.54, 1.807) is 22.9 Å². The van der Waals surface area contributed by atoms with Crippen LogP contribution in [0.2, 0.25) is 0 Å². The molecule has 6 nitrogen and oxygen atoms in total. The first-order chi connectivity index (χ1) is 14.1. The molecular formula is C23H19N3O3. The van der Waals surface area contributed by atoms with Crippen LogP contribution >= 0.6 is 0 Å². The third-order valence-corrected chi connectivity index (χ3v) is 4.50. The zero-order chi connectivity index (χ0) is 20.2. The topological polar surface area (TPSA) is 72.7 Å². The first kappa shape index (κ1) is 18.4. The van der Waals surface area contributed by atoms with Crippen LogP contribution in [0.5, 0.6) is 0 Å². The predicted octanol–water partition coefficient (Wildman–Crippen LogP) is 4.19. The van der Waals surface area contributed by atoms with E-state index < -0.39 is 18.0 Å². The molecule has 0 saturated carbocycles. The molecule has 0 spiro atoms. The van der Waals surface area contributed by atoms with Gasteiger partial charge in [0.05, 0.1) is 0 Å². The molecule has 1 N–H and O–H groups in total. The number of anilines is 1. The molecule has 4 aromatic rings. The van der Waals surface area contributed by atoms with Crippen molar-refractivity contribution in [3.63, 3.8) is 0 Å². The Bertz CT molecular complexity index is 1140. The first-order valence-corrected chi connectivity index (χ1v) is 9.22. The van der Waals surface area contributed by atoms with Crippen molar-refractivity contribution in [2.24, 2.45) is 0 Å². The number of ether oxygens (including phenoxy) is 1. The predicted molar refractivity (Wildman–Crippen MR) is 111 cm³/mol. The van der Waals surface area contributed by atoms with Gasteiger partial charge in [0.1, 0.15) is 5.65 Å². The highest BCUT2D eigenvalue weighted by Crippen LogP contribution is 2.27. The molecule has 0 aliphatic rings. The van der Waals surface area contributed by atoms with Crippen LogP contribution in [0.15, 0.2) is 85.2 Å². The normalized spacial score (nSPS) is 11.8. The molecule has 0 saturated heterocycles. The lowest BCUT2D eigenvalue weighted by Gasteiger charge is -2.15. The van der Waals surface area contributed by atoms with E-state index in [1.165, 1.54) is 6.92 Å². The maximum Gasteiger partial charge on any atom is 0.359 e. The maximum atomic E-state index is 12.6. The van der Waals surface area contributed by atoms with E-state index in [2.05, 4.69) is 10.3 Å². The largest absolute Gasteiger partial charge is 0.448 e. The van der Waals surface area contributed by atoms with Gasteiger partial charge >= 0.3 is 5.97 Å². The van der Waals surface area contributed by atoms with Gasteiger partial charge < -0.3 is 14.5 Å². The molecule has 6 heteroatoms. The Morgan fingerprint density at radius 2 is 1.69 bits per heavy atom. The molecular weight excluding hydrogens is 366 g/mol. The Labute approximate surface area is 167 Å². The summed E-state index contributed by atoms with van der Waals surface area (Å²) in [5, 5.41) is 2.85. The van der Waals surface area contributed by atoms with Crippen LogP contribution in [0.3, 0.4) is 0 Å². The van der Waals surface area contributed by atoms with Gasteiger partial charge in [-0.3, -0.25) is 4.79 Å². The number of carbonyl (C=O) groups excluding carboxylic acids is 2. The highest BCUT2D eigenvalue weighted by molar-refractivity contribution is 5.99. The lowest BCUT2D eigenvalue weighted by atomic mass is 10.0. The van der Waals surface area contributed by atoms with E-state index in [-0.39, 0.29) is 5.69 Å². The minimum Gasteiger partial charge on any atom is -0.448 e. The van der Waals surface area contributed by atoms with E-state index in [0.717, 1.165) is 11.1 Å². The number of esters is 1. The average Bonchev–Trinajstić information content (AvgIpc) is 3.19. The molecule has 144 valence electrons. The molecule has 2 aromatic carbocycles. The molecule has 4 rings (SSSR count). The van der Waals surface area contributed by atoms with E-state index in [4.69, 9.17) is 4.74 Å². The number of amides is 1. The molecule has 0 fully saturated rings. The minimum absolute atomic E-state index is 0.153. The van der Waals surface area contributed by atoms with Crippen molar-refractivity contribution >= 4 is 23.2 Å². The minimum atomic E-state index is -0.976. The van der Waals surface area contributed by atoms with E-state index in [1.807, 2.05) is 66.7 Å². The Morgan fingerprint density at radius 1 is 0.966 bits per heavy atom. The Morgan fingerprint density at radius 3 is 2.48 bits per heavy atom. The Balaban J connectivity index is 1.47. The van der Waals surface area contributed by atoms with Crippen LogP contribution in [-0.4, -0.2) is 27.4 Å². The number of pyridine rings is 1. The standard InChI is InChI=1S/C23H19N3O3/c1-16(29-23(28)20-15-26-14-8-7-13-21(26)24-20)22(27)25-19-12-6-5-11-18(19)17-9-3-2-4-10-17/h2-16H,1H3,(H,25,27)/t16-/m0/s1. The second-order valence-electron chi connectivity index (χ2n) is 6.54. The van der Waals surface area contributed by atoms with Crippen molar-refractivity contribution in [3.8, 4) is 11.1 Å².